The Bertz CT molecular complexity index is 1110. The first-order chi connectivity index (χ1) is 14.5. The fourth-order valence-electron chi connectivity index (χ4n) is 2.85. The van der Waals surface area contributed by atoms with Crippen molar-refractivity contribution in [3.8, 4) is 11.5 Å². The molecule has 1 amide bonds. The zero-order chi connectivity index (χ0) is 21.5. The van der Waals surface area contributed by atoms with E-state index in [4.69, 9.17) is 4.74 Å². The SMILES string of the molecule is CCOc1cc([N+](=O)[O-])cc(/C=N\NC(=O)CNc2cccc3ccccc23)c1O. The number of amides is 1. The molecule has 0 radical (unpaired) electrons. The van der Waals surface area contributed by atoms with E-state index < -0.39 is 10.8 Å². The monoisotopic (exact) mass is 408 g/mol. The molecule has 0 saturated carbocycles. The number of aromatic hydroxyl groups is 1. The van der Waals surface area contributed by atoms with Crippen molar-refractivity contribution in [1.29, 1.82) is 0 Å². The van der Waals surface area contributed by atoms with Gasteiger partial charge in [-0.2, -0.15) is 5.10 Å². The minimum atomic E-state index is -0.605. The Kier molecular flexibility index (Phi) is 6.43. The van der Waals surface area contributed by atoms with E-state index in [1.807, 2.05) is 42.5 Å². The van der Waals surface area contributed by atoms with Crippen LogP contribution in [0, 0.1) is 10.1 Å². The quantitative estimate of drug-likeness (QED) is 0.298. The van der Waals surface area contributed by atoms with E-state index >= 15 is 0 Å². The molecule has 3 N–H and O–H groups in total. The summed E-state index contributed by atoms with van der Waals surface area (Å²) in [5.41, 5.74) is 2.92. The lowest BCUT2D eigenvalue weighted by Gasteiger charge is -2.09. The molecule has 3 aromatic rings. The second-order valence-corrected chi connectivity index (χ2v) is 6.25. The highest BCUT2D eigenvalue weighted by Gasteiger charge is 2.16. The zero-order valence-corrected chi connectivity index (χ0v) is 16.2. The Morgan fingerprint density at radius 3 is 2.77 bits per heavy atom. The predicted octanol–water partition coefficient (Wildman–Crippen LogP) is 3.41. The Hall–Kier alpha value is -4.14. The van der Waals surface area contributed by atoms with Crippen molar-refractivity contribution in [2.45, 2.75) is 6.92 Å². The van der Waals surface area contributed by atoms with Crippen LogP contribution >= 0.6 is 0 Å². The van der Waals surface area contributed by atoms with Crippen molar-refractivity contribution in [2.75, 3.05) is 18.5 Å². The lowest BCUT2D eigenvalue weighted by atomic mass is 10.1. The summed E-state index contributed by atoms with van der Waals surface area (Å²) in [5.74, 6) is -0.749. The molecule has 0 bridgehead atoms. The maximum Gasteiger partial charge on any atom is 0.274 e. The summed E-state index contributed by atoms with van der Waals surface area (Å²) < 4.78 is 5.20. The first-order valence-corrected chi connectivity index (χ1v) is 9.17. The Labute approximate surface area is 172 Å². The number of nitro benzene ring substituents is 1. The molecule has 3 aromatic carbocycles. The van der Waals surface area contributed by atoms with E-state index in [0.29, 0.717) is 0 Å². The third-order valence-electron chi connectivity index (χ3n) is 4.22. The smallest absolute Gasteiger partial charge is 0.274 e. The van der Waals surface area contributed by atoms with E-state index in [9.17, 15) is 20.0 Å². The molecule has 0 aliphatic carbocycles. The molecule has 0 heterocycles. The van der Waals surface area contributed by atoms with Gasteiger partial charge in [-0.1, -0.05) is 36.4 Å². The summed E-state index contributed by atoms with van der Waals surface area (Å²) in [6.45, 7) is 1.88. The number of nitro groups is 1. The average Bonchev–Trinajstić information content (AvgIpc) is 2.74. The van der Waals surface area contributed by atoms with Gasteiger partial charge in [-0.15, -0.1) is 0 Å². The van der Waals surface area contributed by atoms with Crippen LogP contribution in [-0.4, -0.2) is 35.3 Å². The molecule has 0 atom stereocenters. The van der Waals surface area contributed by atoms with Crippen LogP contribution in [0.1, 0.15) is 12.5 Å². The number of rotatable bonds is 8. The second kappa shape index (κ2) is 9.37. The van der Waals surface area contributed by atoms with E-state index in [1.165, 1.54) is 0 Å². The van der Waals surface area contributed by atoms with Crippen LogP contribution in [0.5, 0.6) is 11.5 Å². The highest BCUT2D eigenvalue weighted by Crippen LogP contribution is 2.33. The number of anilines is 1. The molecule has 154 valence electrons. The molecule has 30 heavy (non-hydrogen) atoms. The predicted molar refractivity (Wildman–Crippen MR) is 114 cm³/mol. The van der Waals surface area contributed by atoms with Gasteiger partial charge in [-0.05, 0) is 18.4 Å². The van der Waals surface area contributed by atoms with Crippen molar-refractivity contribution in [2.24, 2.45) is 5.10 Å². The maximum absolute atomic E-state index is 12.1. The molecule has 0 aliphatic rings. The summed E-state index contributed by atoms with van der Waals surface area (Å²) in [7, 11) is 0. The van der Waals surface area contributed by atoms with E-state index in [1.54, 1.807) is 6.92 Å². The lowest BCUT2D eigenvalue weighted by molar-refractivity contribution is -0.385. The molecule has 9 heteroatoms. The molecular formula is C21H20N4O5. The topological polar surface area (TPSA) is 126 Å². The van der Waals surface area contributed by atoms with Crippen LogP contribution in [0.4, 0.5) is 11.4 Å². The van der Waals surface area contributed by atoms with Gasteiger partial charge < -0.3 is 15.2 Å². The van der Waals surface area contributed by atoms with Gasteiger partial charge in [-0.3, -0.25) is 14.9 Å². The number of hydrogen-bond donors (Lipinski definition) is 3. The van der Waals surface area contributed by atoms with E-state index in [2.05, 4.69) is 15.8 Å². The standard InChI is InChI=1S/C21H20N4O5/c1-2-30-19-11-16(25(28)29)10-15(21(19)27)12-23-24-20(26)13-22-18-9-5-7-14-6-3-4-8-17(14)18/h3-12,22,27H,2,13H2,1H3,(H,24,26)/b23-12-. The fraction of sp³-hybridized carbons (Fsp3) is 0.143. The number of fused-ring (bicyclic) bond motifs is 1. The number of hydrogen-bond acceptors (Lipinski definition) is 7. The third kappa shape index (κ3) is 4.82. The third-order valence-corrected chi connectivity index (χ3v) is 4.22. The summed E-state index contributed by atoms with van der Waals surface area (Å²) in [6, 6.07) is 15.8. The van der Waals surface area contributed by atoms with Crippen LogP contribution in [0.25, 0.3) is 10.8 Å². The molecule has 0 fully saturated rings. The van der Waals surface area contributed by atoms with Crippen LogP contribution in [0.15, 0.2) is 59.7 Å². The van der Waals surface area contributed by atoms with Gasteiger partial charge >= 0.3 is 0 Å². The molecule has 0 spiro atoms. The van der Waals surface area contributed by atoms with Gasteiger partial charge in [0.1, 0.15) is 0 Å². The number of carbonyl (C=O) groups is 1. The number of ether oxygens (including phenoxy) is 1. The van der Waals surface area contributed by atoms with Gasteiger partial charge in [0.2, 0.25) is 0 Å². The number of phenols is 1. The first-order valence-electron chi connectivity index (χ1n) is 9.17. The number of carbonyl (C=O) groups excluding carboxylic acids is 1. The van der Waals surface area contributed by atoms with Crippen molar-refractivity contribution >= 4 is 34.3 Å². The van der Waals surface area contributed by atoms with Crippen LogP contribution in [-0.2, 0) is 4.79 Å². The van der Waals surface area contributed by atoms with Crippen LogP contribution < -0.4 is 15.5 Å². The fourth-order valence-corrected chi connectivity index (χ4v) is 2.85. The van der Waals surface area contributed by atoms with Crippen LogP contribution in [0.3, 0.4) is 0 Å². The molecular weight excluding hydrogens is 388 g/mol. The lowest BCUT2D eigenvalue weighted by Crippen LogP contribution is -2.25. The number of benzene rings is 3. The normalized spacial score (nSPS) is 10.8. The van der Waals surface area contributed by atoms with Crippen molar-refractivity contribution in [3.63, 3.8) is 0 Å². The van der Waals surface area contributed by atoms with E-state index in [-0.39, 0.29) is 35.9 Å². The molecule has 3 rings (SSSR count). The highest BCUT2D eigenvalue weighted by atomic mass is 16.6. The van der Waals surface area contributed by atoms with E-state index in [0.717, 1.165) is 34.8 Å². The van der Waals surface area contributed by atoms with Gasteiger partial charge in [0.25, 0.3) is 11.6 Å². The van der Waals surface area contributed by atoms with Crippen molar-refractivity contribution in [1.82, 2.24) is 5.43 Å². The van der Waals surface area contributed by atoms with Gasteiger partial charge in [0.15, 0.2) is 11.5 Å². The summed E-state index contributed by atoms with van der Waals surface area (Å²) >= 11 is 0. The van der Waals surface area contributed by atoms with Crippen molar-refractivity contribution in [3.05, 3.63) is 70.3 Å². The second-order valence-electron chi connectivity index (χ2n) is 6.25. The number of nitrogens with one attached hydrogen (secondary N) is 2. The van der Waals surface area contributed by atoms with Gasteiger partial charge in [-0.25, -0.2) is 5.43 Å². The molecule has 0 saturated heterocycles. The number of non-ortho nitro benzene ring substituents is 1. The summed E-state index contributed by atoms with van der Waals surface area (Å²) in [5, 5.41) is 30.1. The maximum atomic E-state index is 12.1. The van der Waals surface area contributed by atoms with Gasteiger partial charge in [0.05, 0.1) is 30.4 Å². The number of hydrazone groups is 1. The minimum absolute atomic E-state index is 0.0305. The Morgan fingerprint density at radius 1 is 1.23 bits per heavy atom. The molecule has 0 unspecified atom stereocenters. The first kappa shape index (κ1) is 20.6. The molecule has 0 aliphatic heterocycles. The summed E-state index contributed by atoms with van der Waals surface area (Å²) in [6.07, 6.45) is 1.13. The number of nitrogens with zero attached hydrogens (tertiary/aromatic N) is 2. The Morgan fingerprint density at radius 2 is 2.00 bits per heavy atom. The number of phenolic OH excluding ortho intramolecular Hbond substituents is 1. The average molecular weight is 408 g/mol. The zero-order valence-electron chi connectivity index (χ0n) is 16.2. The largest absolute Gasteiger partial charge is 0.504 e. The Balaban J connectivity index is 1.66. The molecule has 0 aromatic heterocycles. The minimum Gasteiger partial charge on any atom is -0.504 e. The summed E-state index contributed by atoms with van der Waals surface area (Å²) in [4.78, 5) is 22.5. The van der Waals surface area contributed by atoms with Crippen molar-refractivity contribution < 1.29 is 19.6 Å². The highest BCUT2D eigenvalue weighted by molar-refractivity contribution is 5.95. The van der Waals surface area contributed by atoms with Gasteiger partial charge in [0, 0.05) is 22.7 Å². The van der Waals surface area contributed by atoms with Crippen LogP contribution in [0.2, 0.25) is 0 Å². The molecule has 9 nitrogen and oxygen atoms in total.